The number of aliphatic carboxylic acids is 1. The lowest BCUT2D eigenvalue weighted by Crippen LogP contribution is -2.43. The molecule has 0 radical (unpaired) electrons. The average Bonchev–Trinajstić information content (AvgIpc) is 2.91. The van der Waals surface area contributed by atoms with Gasteiger partial charge in [0.05, 0.1) is 4.88 Å². The van der Waals surface area contributed by atoms with E-state index in [0.717, 1.165) is 0 Å². The zero-order chi connectivity index (χ0) is 18.6. The Kier molecular flexibility index (Phi) is 6.30. The number of ketones is 1. The summed E-state index contributed by atoms with van der Waals surface area (Å²) in [6, 6.07) is 1.44. The number of Topliss-reactive ketones (excluding diaryl/α,β-unsaturated/α-hetero) is 1. The second-order valence-corrected chi connectivity index (χ2v) is 7.08. The van der Waals surface area contributed by atoms with E-state index in [1.165, 1.54) is 30.1 Å². The van der Waals surface area contributed by atoms with E-state index < -0.39 is 5.97 Å². The Morgan fingerprint density at radius 1 is 1.24 bits per heavy atom. The summed E-state index contributed by atoms with van der Waals surface area (Å²) in [4.78, 5) is 50.3. The van der Waals surface area contributed by atoms with E-state index >= 15 is 0 Å². The molecule has 1 aromatic heterocycles. The zero-order valence-electron chi connectivity index (χ0n) is 14.4. The van der Waals surface area contributed by atoms with Crippen LogP contribution in [-0.4, -0.2) is 64.1 Å². The summed E-state index contributed by atoms with van der Waals surface area (Å²) in [7, 11) is 0. The maximum Gasteiger partial charge on any atom is 0.323 e. The number of thiophene rings is 1. The van der Waals surface area contributed by atoms with Crippen molar-refractivity contribution in [2.75, 3.05) is 19.6 Å². The first-order valence-electron chi connectivity index (χ1n) is 8.17. The fourth-order valence-corrected chi connectivity index (χ4v) is 3.94. The third-order valence-corrected chi connectivity index (χ3v) is 5.27. The highest BCUT2D eigenvalue weighted by atomic mass is 32.1. The van der Waals surface area contributed by atoms with Gasteiger partial charge in [-0.15, -0.1) is 11.3 Å². The number of likely N-dealkylation sites (tertiary alicyclic amines) is 1. The van der Waals surface area contributed by atoms with Crippen molar-refractivity contribution < 1.29 is 24.3 Å². The third-order valence-electron chi connectivity index (χ3n) is 4.35. The molecule has 1 fully saturated rings. The predicted molar refractivity (Wildman–Crippen MR) is 92.9 cm³/mol. The topological polar surface area (TPSA) is 95.0 Å². The van der Waals surface area contributed by atoms with E-state index in [-0.39, 0.29) is 30.2 Å². The Morgan fingerprint density at radius 2 is 1.96 bits per heavy atom. The number of carboxylic acids is 1. The maximum absolute atomic E-state index is 12.6. The molecule has 1 aromatic rings. The fourth-order valence-electron chi connectivity index (χ4n) is 3.03. The molecule has 1 aliphatic heterocycles. The minimum absolute atomic E-state index is 0.0722. The van der Waals surface area contributed by atoms with Gasteiger partial charge in [0.2, 0.25) is 5.91 Å². The van der Waals surface area contributed by atoms with E-state index in [1.54, 1.807) is 16.3 Å². The van der Waals surface area contributed by atoms with Crippen LogP contribution in [0, 0.1) is 0 Å². The van der Waals surface area contributed by atoms with Gasteiger partial charge in [-0.2, -0.15) is 0 Å². The van der Waals surface area contributed by atoms with Crippen molar-refractivity contribution >= 4 is 34.9 Å². The lowest BCUT2D eigenvalue weighted by molar-refractivity contribution is -0.145. The van der Waals surface area contributed by atoms with Crippen molar-refractivity contribution in [1.82, 2.24) is 9.80 Å². The van der Waals surface area contributed by atoms with E-state index in [1.807, 2.05) is 0 Å². The van der Waals surface area contributed by atoms with Gasteiger partial charge in [-0.05, 0) is 32.3 Å². The molecule has 25 heavy (non-hydrogen) atoms. The van der Waals surface area contributed by atoms with Gasteiger partial charge < -0.3 is 14.9 Å². The molecule has 0 spiro atoms. The molecule has 0 bridgehead atoms. The fraction of sp³-hybridized carbons (Fsp3) is 0.529. The van der Waals surface area contributed by atoms with Gasteiger partial charge >= 0.3 is 5.97 Å². The first-order valence-corrected chi connectivity index (χ1v) is 9.05. The zero-order valence-corrected chi connectivity index (χ0v) is 15.2. The summed E-state index contributed by atoms with van der Waals surface area (Å²) >= 11 is 1.25. The number of amides is 2. The first kappa shape index (κ1) is 19.1. The van der Waals surface area contributed by atoms with Crippen molar-refractivity contribution in [1.29, 1.82) is 0 Å². The van der Waals surface area contributed by atoms with Crippen LogP contribution < -0.4 is 0 Å². The van der Waals surface area contributed by atoms with Gasteiger partial charge in [0, 0.05) is 37.0 Å². The number of hydrogen-bond donors (Lipinski definition) is 1. The molecule has 2 rings (SSSR count). The van der Waals surface area contributed by atoms with Crippen LogP contribution in [0.2, 0.25) is 0 Å². The van der Waals surface area contributed by atoms with Gasteiger partial charge in [-0.3, -0.25) is 19.2 Å². The average molecular weight is 366 g/mol. The molecule has 0 aromatic carbocycles. The normalized spacial score (nSPS) is 17.7. The molecule has 1 aliphatic rings. The summed E-state index contributed by atoms with van der Waals surface area (Å²) in [6.07, 6.45) is 1.91. The minimum Gasteiger partial charge on any atom is -0.480 e. The number of rotatable bonds is 5. The highest BCUT2D eigenvalue weighted by molar-refractivity contribution is 7.12. The maximum atomic E-state index is 12.6. The van der Waals surface area contributed by atoms with Crippen LogP contribution >= 0.6 is 11.3 Å². The molecule has 0 aliphatic carbocycles. The Hall–Kier alpha value is -2.22. The molecule has 1 unspecified atom stereocenters. The van der Waals surface area contributed by atoms with Crippen LogP contribution in [0.3, 0.4) is 0 Å². The Labute approximate surface area is 150 Å². The van der Waals surface area contributed by atoms with E-state index in [4.69, 9.17) is 5.11 Å². The molecule has 1 saturated heterocycles. The summed E-state index contributed by atoms with van der Waals surface area (Å²) in [5.74, 6) is -1.50. The van der Waals surface area contributed by atoms with E-state index in [9.17, 15) is 19.2 Å². The first-order chi connectivity index (χ1) is 11.8. The van der Waals surface area contributed by atoms with Crippen molar-refractivity contribution in [2.45, 2.75) is 39.2 Å². The molecule has 1 atom stereocenters. The van der Waals surface area contributed by atoms with Crippen LogP contribution in [0.4, 0.5) is 0 Å². The Balaban J connectivity index is 2.04. The lowest BCUT2D eigenvalue weighted by atomic mass is 10.1. The van der Waals surface area contributed by atoms with Crippen molar-refractivity contribution in [2.24, 2.45) is 0 Å². The largest absolute Gasteiger partial charge is 0.480 e. The summed E-state index contributed by atoms with van der Waals surface area (Å²) in [5, 5.41) is 10.7. The molecule has 2 amide bonds. The summed E-state index contributed by atoms with van der Waals surface area (Å²) < 4.78 is 0. The van der Waals surface area contributed by atoms with Gasteiger partial charge in [-0.1, -0.05) is 0 Å². The SMILES string of the molecule is CC(=O)c1csc(C(=O)N2CCCC(N(CC(=O)O)C(C)=O)CC2)c1. The van der Waals surface area contributed by atoms with E-state index in [0.29, 0.717) is 42.8 Å². The number of nitrogens with zero attached hydrogens (tertiary/aromatic N) is 2. The van der Waals surface area contributed by atoms with Crippen LogP contribution in [0.1, 0.15) is 53.1 Å². The number of carbonyl (C=O) groups excluding carboxylic acids is 3. The Morgan fingerprint density at radius 3 is 2.52 bits per heavy atom. The summed E-state index contributed by atoms with van der Waals surface area (Å²) in [5.41, 5.74) is 0.533. The number of carboxylic acid groups (broad SMARTS) is 1. The number of hydrogen-bond acceptors (Lipinski definition) is 5. The summed E-state index contributed by atoms with van der Waals surface area (Å²) in [6.45, 7) is 3.53. The lowest BCUT2D eigenvalue weighted by Gasteiger charge is -2.28. The second-order valence-electron chi connectivity index (χ2n) is 6.17. The number of carbonyl (C=O) groups is 4. The monoisotopic (exact) mass is 366 g/mol. The van der Waals surface area contributed by atoms with Crippen LogP contribution in [-0.2, 0) is 9.59 Å². The van der Waals surface area contributed by atoms with Gasteiger partial charge in [0.15, 0.2) is 5.78 Å². The molecule has 8 heteroatoms. The van der Waals surface area contributed by atoms with Crippen molar-refractivity contribution in [3.05, 3.63) is 21.9 Å². The molecule has 1 N–H and O–H groups in total. The quantitative estimate of drug-likeness (QED) is 0.803. The smallest absolute Gasteiger partial charge is 0.323 e. The van der Waals surface area contributed by atoms with Gasteiger partial charge in [0.25, 0.3) is 5.91 Å². The molecule has 2 heterocycles. The van der Waals surface area contributed by atoms with Crippen molar-refractivity contribution in [3.8, 4) is 0 Å². The van der Waals surface area contributed by atoms with E-state index in [2.05, 4.69) is 0 Å². The minimum atomic E-state index is -1.04. The van der Waals surface area contributed by atoms with Crippen molar-refractivity contribution in [3.63, 3.8) is 0 Å². The second kappa shape index (κ2) is 8.24. The highest BCUT2D eigenvalue weighted by Gasteiger charge is 2.28. The predicted octanol–water partition coefficient (Wildman–Crippen LogP) is 1.88. The molecular weight excluding hydrogens is 344 g/mol. The third kappa shape index (κ3) is 4.88. The molecule has 136 valence electrons. The van der Waals surface area contributed by atoms with Crippen LogP contribution in [0.15, 0.2) is 11.4 Å². The molecule has 0 saturated carbocycles. The molecule has 7 nitrogen and oxygen atoms in total. The Bertz CT molecular complexity index is 684. The van der Waals surface area contributed by atoms with Crippen LogP contribution in [0.5, 0.6) is 0 Å². The standard InChI is InChI=1S/C17H22N2O5S/c1-11(20)13-8-15(25-10-13)17(24)18-6-3-4-14(5-7-18)19(12(2)21)9-16(22)23/h8,10,14H,3-7,9H2,1-2H3,(H,22,23). The highest BCUT2D eigenvalue weighted by Crippen LogP contribution is 2.22. The van der Waals surface area contributed by atoms with Gasteiger partial charge in [0.1, 0.15) is 6.54 Å². The van der Waals surface area contributed by atoms with Crippen LogP contribution in [0.25, 0.3) is 0 Å². The molecular formula is C17H22N2O5S. The van der Waals surface area contributed by atoms with Gasteiger partial charge in [-0.25, -0.2) is 0 Å².